The quantitative estimate of drug-likeness (QED) is 0.426. The van der Waals surface area contributed by atoms with Crippen LogP contribution in [0.5, 0.6) is 0 Å². The van der Waals surface area contributed by atoms with Crippen molar-refractivity contribution in [3.8, 4) is 0 Å². The summed E-state index contributed by atoms with van der Waals surface area (Å²) in [6.45, 7) is 0. The Kier molecular flexibility index (Phi) is 6.60. The molecule has 4 rings (SSSR count). The van der Waals surface area contributed by atoms with E-state index in [1.165, 1.54) is 0 Å². The number of hydrogen-bond donors (Lipinski definition) is 1. The summed E-state index contributed by atoms with van der Waals surface area (Å²) in [5.41, 5.74) is 0. The van der Waals surface area contributed by atoms with Crippen LogP contribution in [0, 0.1) is 0 Å². The molecule has 0 aliphatic rings. The van der Waals surface area contributed by atoms with E-state index in [9.17, 15) is 0 Å². The molecule has 0 saturated heterocycles. The summed E-state index contributed by atoms with van der Waals surface area (Å²) in [5.74, 6) is 0. The van der Waals surface area contributed by atoms with Crippen LogP contribution in [0.2, 0.25) is 0 Å². The smallest absolute Gasteiger partial charge is 0.331 e. The van der Waals surface area contributed by atoms with Gasteiger partial charge in [-0.15, -0.1) is 0 Å². The zero-order valence-electron chi connectivity index (χ0n) is 17.9. The van der Waals surface area contributed by atoms with Crippen molar-refractivity contribution >= 4 is 37.7 Å². The Bertz CT molecular complexity index is 909. The molecule has 31 heavy (non-hydrogen) atoms. The molecule has 0 unspecified atom stereocenters. The molecule has 0 fully saturated rings. The van der Waals surface area contributed by atoms with Crippen LogP contribution >= 0.6 is 0 Å². The molecule has 0 amide bonds. The van der Waals surface area contributed by atoms with Crippen molar-refractivity contribution in [2.45, 2.75) is 0 Å². The Hall–Kier alpha value is -2.81. The first kappa shape index (κ1) is 21.4. The third-order valence-electron chi connectivity index (χ3n) is 5.69. The zero-order chi connectivity index (χ0) is 21.6. The Morgan fingerprint density at radius 1 is 0.419 bits per heavy atom. The van der Waals surface area contributed by atoms with Gasteiger partial charge in [-0.3, -0.25) is 0 Å². The first-order valence-electron chi connectivity index (χ1n) is 10.4. The largest absolute Gasteiger partial charge is 0.400 e. The number of rotatable bonds is 8. The monoisotopic (exact) mass is 441 g/mol. The van der Waals surface area contributed by atoms with Gasteiger partial charge in [0.1, 0.15) is 0 Å². The number of benzene rings is 4. The van der Waals surface area contributed by atoms with Crippen LogP contribution < -0.4 is 25.4 Å². The van der Waals surface area contributed by atoms with Crippen molar-refractivity contribution in [1.82, 2.24) is 4.65 Å². The van der Waals surface area contributed by atoms with Gasteiger partial charge in [-0.1, -0.05) is 121 Å². The van der Waals surface area contributed by atoms with E-state index in [1.807, 2.05) is 38.5 Å². The van der Waals surface area contributed by atoms with E-state index in [0.717, 1.165) is 20.7 Å². The van der Waals surface area contributed by atoms with Crippen LogP contribution in [0.25, 0.3) is 0 Å². The third-order valence-corrected chi connectivity index (χ3v) is 14.3. The molecule has 0 heterocycles. The third kappa shape index (κ3) is 4.06. The van der Waals surface area contributed by atoms with Gasteiger partial charge in [0.15, 0.2) is 0 Å². The van der Waals surface area contributed by atoms with Crippen LogP contribution in [0.4, 0.5) is 0 Å². The summed E-state index contributed by atoms with van der Waals surface area (Å²) in [6, 6.07) is 42.0. The van der Waals surface area contributed by atoms with Gasteiger partial charge >= 0.3 is 17.0 Å². The average Bonchev–Trinajstić information content (AvgIpc) is 2.87. The molecule has 0 saturated carbocycles. The molecule has 4 aromatic carbocycles. The van der Waals surface area contributed by atoms with Crippen molar-refractivity contribution in [1.29, 1.82) is 0 Å². The molecule has 156 valence electrons. The maximum Gasteiger partial charge on any atom is 0.331 e. The highest BCUT2D eigenvalue weighted by atomic mass is 28.4. The van der Waals surface area contributed by atoms with Crippen LogP contribution in [0.15, 0.2) is 121 Å². The van der Waals surface area contributed by atoms with Crippen molar-refractivity contribution in [2.75, 3.05) is 14.2 Å². The van der Waals surface area contributed by atoms with Gasteiger partial charge in [-0.2, -0.15) is 0 Å². The summed E-state index contributed by atoms with van der Waals surface area (Å²) in [4.78, 5) is 0. The Labute approximate surface area is 186 Å². The lowest BCUT2D eigenvalue weighted by Gasteiger charge is -2.41. The predicted molar refractivity (Wildman–Crippen MR) is 133 cm³/mol. The van der Waals surface area contributed by atoms with Crippen LogP contribution in [0.3, 0.4) is 0 Å². The number of hydrogen-bond acceptors (Lipinski definition) is 3. The predicted octanol–water partition coefficient (Wildman–Crippen LogP) is 2.38. The fraction of sp³-hybridized carbons (Fsp3) is 0.0769. The second-order valence-electron chi connectivity index (χ2n) is 7.36. The summed E-state index contributed by atoms with van der Waals surface area (Å²) < 4.78 is 17.1. The van der Waals surface area contributed by atoms with E-state index in [-0.39, 0.29) is 0 Å². The van der Waals surface area contributed by atoms with Crippen molar-refractivity contribution in [3.63, 3.8) is 0 Å². The lowest BCUT2D eigenvalue weighted by atomic mass is 10.4. The van der Waals surface area contributed by atoms with Gasteiger partial charge < -0.3 is 13.5 Å². The fourth-order valence-electron chi connectivity index (χ4n) is 4.13. The fourth-order valence-corrected chi connectivity index (χ4v) is 13.5. The molecule has 0 aromatic heterocycles. The minimum Gasteiger partial charge on any atom is -0.400 e. The Morgan fingerprint density at radius 3 is 0.839 bits per heavy atom. The molecule has 0 aliphatic carbocycles. The maximum absolute atomic E-state index is 6.49. The summed E-state index contributed by atoms with van der Waals surface area (Å²) in [5, 5.41) is 4.63. The maximum atomic E-state index is 6.49. The minimum absolute atomic E-state index is 1.16. The minimum atomic E-state index is -2.86. The van der Waals surface area contributed by atoms with Gasteiger partial charge in [0.2, 0.25) is 0 Å². The Morgan fingerprint density at radius 2 is 0.645 bits per heavy atom. The van der Waals surface area contributed by atoms with Gasteiger partial charge in [0, 0.05) is 14.2 Å². The standard InChI is InChI=1S/C26H27NO2Si2/c1-28-30(23-15-7-3-8-16-23,24-17-9-4-10-18-24)27-31(29-2,25-19-11-5-12-20-25)26-21-13-6-14-22-26/h3-22,27H,1-2H3. The highest BCUT2D eigenvalue weighted by Gasteiger charge is 2.51. The normalized spacial score (nSPS) is 11.9. The van der Waals surface area contributed by atoms with Crippen molar-refractivity contribution in [2.24, 2.45) is 0 Å². The van der Waals surface area contributed by atoms with Gasteiger partial charge in [0.25, 0.3) is 0 Å². The molecule has 0 atom stereocenters. The summed E-state index contributed by atoms with van der Waals surface area (Å²) >= 11 is 0. The highest BCUT2D eigenvalue weighted by molar-refractivity contribution is 7.09. The van der Waals surface area contributed by atoms with Crippen LogP contribution in [0.1, 0.15) is 0 Å². The Balaban J connectivity index is 1.98. The lowest BCUT2D eigenvalue weighted by Crippen LogP contribution is -2.84. The molecular formula is C26H27NO2Si2. The second-order valence-corrected chi connectivity index (χ2v) is 14.2. The van der Waals surface area contributed by atoms with Crippen LogP contribution in [-0.2, 0) is 8.85 Å². The van der Waals surface area contributed by atoms with E-state index in [4.69, 9.17) is 8.85 Å². The van der Waals surface area contributed by atoms with Crippen molar-refractivity contribution < 1.29 is 8.85 Å². The first-order chi connectivity index (χ1) is 15.2. The SMILES string of the molecule is CO[Si](N[Si](OC)(c1ccccc1)c1ccccc1)(c1ccccc1)c1ccccc1. The zero-order valence-corrected chi connectivity index (χ0v) is 19.9. The van der Waals surface area contributed by atoms with E-state index < -0.39 is 17.0 Å². The molecule has 5 heteroatoms. The van der Waals surface area contributed by atoms with Gasteiger partial charge in [-0.05, 0) is 20.7 Å². The molecule has 0 radical (unpaired) electrons. The molecule has 0 aliphatic heterocycles. The van der Waals surface area contributed by atoms with Crippen molar-refractivity contribution in [3.05, 3.63) is 121 Å². The highest BCUT2D eigenvalue weighted by Crippen LogP contribution is 2.12. The number of nitrogens with one attached hydrogen (secondary N) is 1. The summed E-state index contributed by atoms with van der Waals surface area (Å²) in [7, 11) is -2.09. The molecule has 0 bridgehead atoms. The van der Waals surface area contributed by atoms with Gasteiger partial charge in [0.05, 0.1) is 0 Å². The van der Waals surface area contributed by atoms with E-state index in [1.54, 1.807) is 0 Å². The van der Waals surface area contributed by atoms with Crippen LogP contribution in [-0.4, -0.2) is 31.2 Å². The molecule has 4 aromatic rings. The van der Waals surface area contributed by atoms with E-state index in [0.29, 0.717) is 0 Å². The molecular weight excluding hydrogens is 414 g/mol. The molecule has 3 nitrogen and oxygen atoms in total. The summed E-state index contributed by atoms with van der Waals surface area (Å²) in [6.07, 6.45) is 0. The second kappa shape index (κ2) is 9.55. The van der Waals surface area contributed by atoms with E-state index >= 15 is 0 Å². The first-order valence-corrected chi connectivity index (χ1v) is 14.2. The van der Waals surface area contributed by atoms with E-state index in [2.05, 4.69) is 102 Å². The lowest BCUT2D eigenvalue weighted by molar-refractivity contribution is 0.387. The average molecular weight is 442 g/mol. The topological polar surface area (TPSA) is 30.5 Å². The van der Waals surface area contributed by atoms with Gasteiger partial charge in [-0.25, -0.2) is 0 Å². The molecule has 0 spiro atoms. The molecule has 1 N–H and O–H groups in total.